The summed E-state index contributed by atoms with van der Waals surface area (Å²) in [7, 11) is 0. The lowest BCUT2D eigenvalue weighted by atomic mass is 10.1. The molecule has 4 nitrogen and oxygen atoms in total. The highest BCUT2D eigenvalue weighted by Gasteiger charge is 2.05. The molecule has 1 heterocycles. The van der Waals surface area contributed by atoms with Crippen molar-refractivity contribution in [2.45, 2.75) is 19.3 Å². The fourth-order valence-corrected chi connectivity index (χ4v) is 1.54. The van der Waals surface area contributed by atoms with Gasteiger partial charge < -0.3 is 0 Å². The van der Waals surface area contributed by atoms with E-state index in [1.54, 1.807) is 6.20 Å². The number of aromatic nitrogens is 3. The Morgan fingerprint density at radius 3 is 2.75 bits per heavy atom. The number of hydrogen-bond donors (Lipinski definition) is 1. The largest absolute Gasteiger partial charge is 0.294 e. The van der Waals surface area contributed by atoms with E-state index in [1.165, 1.54) is 0 Å². The van der Waals surface area contributed by atoms with E-state index in [9.17, 15) is 4.79 Å². The number of Topliss-reactive ketones (excluding diaryl/α,β-unsaturated/α-hetero) is 1. The predicted molar refractivity (Wildman–Crippen MR) is 60.1 cm³/mol. The van der Waals surface area contributed by atoms with Crippen molar-refractivity contribution in [1.82, 2.24) is 15.4 Å². The highest BCUT2D eigenvalue weighted by atomic mass is 16.1. The molecule has 1 aromatic heterocycles. The van der Waals surface area contributed by atoms with Crippen LogP contribution in [0.3, 0.4) is 0 Å². The molecule has 0 bridgehead atoms. The van der Waals surface area contributed by atoms with Gasteiger partial charge in [0.25, 0.3) is 0 Å². The van der Waals surface area contributed by atoms with Crippen molar-refractivity contribution in [1.29, 1.82) is 0 Å². The number of ketones is 1. The Morgan fingerprint density at radius 2 is 2.06 bits per heavy atom. The number of hydrogen-bond acceptors (Lipinski definition) is 3. The first kappa shape index (κ1) is 10.5. The van der Waals surface area contributed by atoms with Crippen LogP contribution in [0.1, 0.15) is 28.9 Å². The van der Waals surface area contributed by atoms with Crippen molar-refractivity contribution in [2.24, 2.45) is 0 Å². The average molecular weight is 215 g/mol. The molecule has 0 aliphatic rings. The first-order valence-corrected chi connectivity index (χ1v) is 5.29. The van der Waals surface area contributed by atoms with Gasteiger partial charge in [0.2, 0.25) is 0 Å². The summed E-state index contributed by atoms with van der Waals surface area (Å²) in [4.78, 5) is 11.7. The number of aryl methyl sites for hydroxylation is 1. The monoisotopic (exact) mass is 215 g/mol. The molecule has 1 aromatic carbocycles. The third kappa shape index (κ3) is 2.76. The molecule has 0 aliphatic carbocycles. The molecule has 2 aromatic rings. The predicted octanol–water partition coefficient (Wildman–Crippen LogP) is 2.01. The zero-order valence-electron chi connectivity index (χ0n) is 8.89. The summed E-state index contributed by atoms with van der Waals surface area (Å²) in [6, 6.07) is 9.36. The molecule has 16 heavy (non-hydrogen) atoms. The Balaban J connectivity index is 1.81. The van der Waals surface area contributed by atoms with Crippen molar-refractivity contribution in [3.8, 4) is 0 Å². The molecule has 0 amide bonds. The number of benzene rings is 1. The van der Waals surface area contributed by atoms with E-state index >= 15 is 0 Å². The molecule has 0 aliphatic heterocycles. The van der Waals surface area contributed by atoms with Crippen LogP contribution in [0.2, 0.25) is 0 Å². The Labute approximate surface area is 93.7 Å². The molecule has 0 fully saturated rings. The number of nitrogens with one attached hydrogen (secondary N) is 1. The molecule has 1 N–H and O–H groups in total. The third-order valence-electron chi connectivity index (χ3n) is 2.40. The lowest BCUT2D eigenvalue weighted by molar-refractivity contribution is 0.0980. The van der Waals surface area contributed by atoms with Crippen LogP contribution in [0.25, 0.3) is 0 Å². The molecule has 82 valence electrons. The summed E-state index contributed by atoms with van der Waals surface area (Å²) in [6.45, 7) is 0. The summed E-state index contributed by atoms with van der Waals surface area (Å²) in [5, 5.41) is 10.2. The van der Waals surface area contributed by atoms with E-state index in [4.69, 9.17) is 0 Å². The van der Waals surface area contributed by atoms with Gasteiger partial charge in [0.15, 0.2) is 5.78 Å². The van der Waals surface area contributed by atoms with Crippen molar-refractivity contribution < 1.29 is 4.79 Å². The summed E-state index contributed by atoms with van der Waals surface area (Å²) in [5.74, 6) is 0.184. The molecule has 0 saturated heterocycles. The SMILES string of the molecule is O=C(CCCc1cn[nH]n1)c1ccccc1. The summed E-state index contributed by atoms with van der Waals surface area (Å²) >= 11 is 0. The van der Waals surface area contributed by atoms with Crippen LogP contribution in [0.15, 0.2) is 36.5 Å². The molecule has 0 spiro atoms. The van der Waals surface area contributed by atoms with Crippen LogP contribution in [0, 0.1) is 0 Å². The molecular weight excluding hydrogens is 202 g/mol. The topological polar surface area (TPSA) is 58.6 Å². The van der Waals surface area contributed by atoms with E-state index in [-0.39, 0.29) is 5.78 Å². The van der Waals surface area contributed by atoms with Gasteiger partial charge in [-0.3, -0.25) is 4.79 Å². The van der Waals surface area contributed by atoms with Crippen molar-refractivity contribution in [2.75, 3.05) is 0 Å². The number of nitrogens with zero attached hydrogens (tertiary/aromatic N) is 2. The second-order valence-electron chi connectivity index (χ2n) is 3.60. The van der Waals surface area contributed by atoms with Gasteiger partial charge in [0.1, 0.15) is 0 Å². The molecule has 0 atom stereocenters. The van der Waals surface area contributed by atoms with Gasteiger partial charge in [-0.05, 0) is 12.8 Å². The van der Waals surface area contributed by atoms with Gasteiger partial charge in [-0.2, -0.15) is 15.4 Å². The van der Waals surface area contributed by atoms with Gasteiger partial charge in [-0.1, -0.05) is 30.3 Å². The van der Waals surface area contributed by atoms with Gasteiger partial charge in [0, 0.05) is 12.0 Å². The smallest absolute Gasteiger partial charge is 0.162 e. The van der Waals surface area contributed by atoms with Crippen LogP contribution >= 0.6 is 0 Å². The van der Waals surface area contributed by atoms with Crippen molar-refractivity contribution >= 4 is 5.78 Å². The molecule has 0 saturated carbocycles. The first-order valence-electron chi connectivity index (χ1n) is 5.29. The molecule has 2 rings (SSSR count). The maximum Gasteiger partial charge on any atom is 0.162 e. The number of carbonyl (C=O) groups excluding carboxylic acids is 1. The van der Waals surface area contributed by atoms with Crippen LogP contribution in [-0.4, -0.2) is 21.2 Å². The Morgan fingerprint density at radius 1 is 1.25 bits per heavy atom. The Bertz CT molecular complexity index is 437. The minimum Gasteiger partial charge on any atom is -0.294 e. The van der Waals surface area contributed by atoms with Gasteiger partial charge in [0.05, 0.1) is 11.9 Å². The van der Waals surface area contributed by atoms with Crippen molar-refractivity contribution in [3.63, 3.8) is 0 Å². The Kier molecular flexibility index (Phi) is 3.43. The van der Waals surface area contributed by atoms with Crippen molar-refractivity contribution in [3.05, 3.63) is 47.8 Å². The fourth-order valence-electron chi connectivity index (χ4n) is 1.54. The van der Waals surface area contributed by atoms with Gasteiger partial charge in [-0.25, -0.2) is 0 Å². The molecule has 0 radical (unpaired) electrons. The lowest BCUT2D eigenvalue weighted by Crippen LogP contribution is -1.99. The summed E-state index contributed by atoms with van der Waals surface area (Å²) < 4.78 is 0. The standard InChI is InChI=1S/C12H13N3O/c16-12(10-5-2-1-3-6-10)8-4-7-11-9-13-15-14-11/h1-3,5-6,9H,4,7-8H2,(H,13,14,15). The number of rotatable bonds is 5. The molecule has 4 heteroatoms. The van der Waals surface area contributed by atoms with E-state index in [0.717, 1.165) is 24.1 Å². The Hall–Kier alpha value is -1.97. The van der Waals surface area contributed by atoms with E-state index in [1.807, 2.05) is 30.3 Å². The second-order valence-corrected chi connectivity index (χ2v) is 3.60. The number of carbonyl (C=O) groups is 1. The van der Waals surface area contributed by atoms with Gasteiger partial charge >= 0.3 is 0 Å². The van der Waals surface area contributed by atoms with Crippen LogP contribution in [0.4, 0.5) is 0 Å². The highest BCUT2D eigenvalue weighted by Crippen LogP contribution is 2.07. The van der Waals surface area contributed by atoms with E-state index in [2.05, 4.69) is 15.4 Å². The maximum absolute atomic E-state index is 11.7. The highest BCUT2D eigenvalue weighted by molar-refractivity contribution is 5.95. The first-order chi connectivity index (χ1) is 7.86. The molecular formula is C12H13N3O. The maximum atomic E-state index is 11.7. The summed E-state index contributed by atoms with van der Waals surface area (Å²) in [6.07, 6.45) is 3.83. The van der Waals surface area contributed by atoms with Gasteiger partial charge in [-0.15, -0.1) is 0 Å². The lowest BCUT2D eigenvalue weighted by Gasteiger charge is -1.99. The molecule has 0 unspecified atom stereocenters. The van der Waals surface area contributed by atoms with Crippen LogP contribution in [-0.2, 0) is 6.42 Å². The minimum atomic E-state index is 0.184. The zero-order valence-corrected chi connectivity index (χ0v) is 8.89. The van der Waals surface area contributed by atoms with E-state index < -0.39 is 0 Å². The number of aromatic amines is 1. The normalized spacial score (nSPS) is 10.2. The number of H-pyrrole nitrogens is 1. The zero-order chi connectivity index (χ0) is 11.2. The quantitative estimate of drug-likeness (QED) is 0.776. The summed E-state index contributed by atoms with van der Waals surface area (Å²) in [5.41, 5.74) is 1.68. The van der Waals surface area contributed by atoms with E-state index in [0.29, 0.717) is 6.42 Å². The van der Waals surface area contributed by atoms with Crippen LogP contribution in [0.5, 0.6) is 0 Å². The second kappa shape index (κ2) is 5.21. The van der Waals surface area contributed by atoms with Crippen LogP contribution < -0.4 is 0 Å². The fraction of sp³-hybridized carbons (Fsp3) is 0.250. The minimum absolute atomic E-state index is 0.184. The third-order valence-corrected chi connectivity index (χ3v) is 2.40. The average Bonchev–Trinajstić information content (AvgIpc) is 2.83.